The molecule has 2 bridgehead atoms. The van der Waals surface area contributed by atoms with Crippen molar-refractivity contribution in [2.24, 2.45) is 17.6 Å². The number of rotatable bonds is 2. The maximum Gasteiger partial charge on any atom is 0.118 e. The van der Waals surface area contributed by atoms with Crippen LogP contribution in [0.1, 0.15) is 43.6 Å². The number of hydrogen-bond donors (Lipinski definition) is 1. The second kappa shape index (κ2) is 4.93. The fourth-order valence-electron chi connectivity index (χ4n) is 4.03. The third kappa shape index (κ3) is 2.03. The van der Waals surface area contributed by atoms with Crippen molar-refractivity contribution in [3.05, 3.63) is 29.8 Å². The molecule has 2 aliphatic carbocycles. The van der Waals surface area contributed by atoms with Gasteiger partial charge in [0.15, 0.2) is 0 Å². The van der Waals surface area contributed by atoms with Crippen LogP contribution in [0.3, 0.4) is 0 Å². The summed E-state index contributed by atoms with van der Waals surface area (Å²) in [6.45, 7) is 0. The van der Waals surface area contributed by atoms with Gasteiger partial charge in [-0.25, -0.2) is 0 Å². The van der Waals surface area contributed by atoms with E-state index in [-0.39, 0.29) is 0 Å². The van der Waals surface area contributed by atoms with Crippen molar-refractivity contribution >= 4 is 0 Å². The molecule has 18 heavy (non-hydrogen) atoms. The standard InChI is InChI=1S/C16H23NO/c1-18-13-8-5-11(6-9-13)14-10-7-12-3-2-4-15(14)16(12)17/h5-6,8-9,12,14-16H,2-4,7,10,17H2,1H3. The van der Waals surface area contributed by atoms with E-state index in [1.165, 1.54) is 37.7 Å². The largest absolute Gasteiger partial charge is 0.497 e. The van der Waals surface area contributed by atoms with Crippen LogP contribution in [0.4, 0.5) is 0 Å². The predicted octanol–water partition coefficient (Wildman–Crippen LogP) is 3.32. The molecule has 2 N–H and O–H groups in total. The Morgan fingerprint density at radius 2 is 1.83 bits per heavy atom. The van der Waals surface area contributed by atoms with Gasteiger partial charge in [-0.3, -0.25) is 0 Å². The van der Waals surface area contributed by atoms with E-state index in [0.717, 1.165) is 11.7 Å². The first-order valence-electron chi connectivity index (χ1n) is 7.19. The normalized spacial score (nSPS) is 35.2. The molecule has 4 atom stereocenters. The minimum atomic E-state index is 0.430. The summed E-state index contributed by atoms with van der Waals surface area (Å²) in [4.78, 5) is 0. The summed E-state index contributed by atoms with van der Waals surface area (Å²) in [5.74, 6) is 3.10. The van der Waals surface area contributed by atoms with E-state index in [9.17, 15) is 0 Å². The van der Waals surface area contributed by atoms with Crippen molar-refractivity contribution in [2.45, 2.75) is 44.1 Å². The van der Waals surface area contributed by atoms with Gasteiger partial charge in [0.1, 0.15) is 5.75 Å². The molecule has 3 rings (SSSR count). The van der Waals surface area contributed by atoms with Crippen molar-refractivity contribution in [3.8, 4) is 5.75 Å². The first-order valence-corrected chi connectivity index (χ1v) is 7.19. The summed E-state index contributed by atoms with van der Waals surface area (Å²) >= 11 is 0. The molecular formula is C16H23NO. The molecule has 98 valence electrons. The molecule has 2 fully saturated rings. The van der Waals surface area contributed by atoms with E-state index in [4.69, 9.17) is 10.5 Å². The maximum absolute atomic E-state index is 6.44. The number of hydrogen-bond acceptors (Lipinski definition) is 2. The lowest BCUT2D eigenvalue weighted by Gasteiger charge is -2.45. The first-order chi connectivity index (χ1) is 8.79. The fraction of sp³-hybridized carbons (Fsp3) is 0.625. The van der Waals surface area contributed by atoms with E-state index >= 15 is 0 Å². The number of benzene rings is 1. The molecule has 1 aromatic rings. The Kier molecular flexibility index (Phi) is 3.29. The van der Waals surface area contributed by atoms with Crippen LogP contribution in [0.15, 0.2) is 24.3 Å². The highest BCUT2D eigenvalue weighted by Crippen LogP contribution is 2.47. The van der Waals surface area contributed by atoms with E-state index in [0.29, 0.717) is 17.9 Å². The molecule has 2 nitrogen and oxygen atoms in total. The predicted molar refractivity (Wildman–Crippen MR) is 73.8 cm³/mol. The highest BCUT2D eigenvalue weighted by Gasteiger charge is 2.40. The van der Waals surface area contributed by atoms with Gasteiger partial charge in [-0.05, 0) is 61.1 Å². The minimum Gasteiger partial charge on any atom is -0.497 e. The summed E-state index contributed by atoms with van der Waals surface area (Å²) in [6, 6.07) is 9.04. The molecule has 2 saturated carbocycles. The topological polar surface area (TPSA) is 35.2 Å². The monoisotopic (exact) mass is 245 g/mol. The average molecular weight is 245 g/mol. The summed E-state index contributed by atoms with van der Waals surface area (Å²) < 4.78 is 5.23. The molecular weight excluding hydrogens is 222 g/mol. The van der Waals surface area contributed by atoms with Crippen LogP contribution < -0.4 is 10.5 Å². The van der Waals surface area contributed by atoms with Gasteiger partial charge in [-0.2, -0.15) is 0 Å². The Balaban J connectivity index is 1.82. The number of methoxy groups -OCH3 is 1. The van der Waals surface area contributed by atoms with E-state index < -0.39 is 0 Å². The molecule has 0 heterocycles. The molecule has 2 aliphatic rings. The summed E-state index contributed by atoms with van der Waals surface area (Å²) in [7, 11) is 1.72. The van der Waals surface area contributed by atoms with Crippen LogP contribution in [0.5, 0.6) is 5.75 Å². The van der Waals surface area contributed by atoms with Crippen LogP contribution in [0.25, 0.3) is 0 Å². The Morgan fingerprint density at radius 1 is 1.06 bits per heavy atom. The second-order valence-corrected chi connectivity index (χ2v) is 5.89. The molecule has 2 heteroatoms. The fourth-order valence-corrected chi connectivity index (χ4v) is 4.03. The van der Waals surface area contributed by atoms with Crippen molar-refractivity contribution in [1.82, 2.24) is 0 Å². The second-order valence-electron chi connectivity index (χ2n) is 5.89. The van der Waals surface area contributed by atoms with Crippen LogP contribution >= 0.6 is 0 Å². The zero-order chi connectivity index (χ0) is 12.5. The molecule has 0 radical (unpaired) electrons. The van der Waals surface area contributed by atoms with E-state index in [2.05, 4.69) is 24.3 Å². The Labute approximate surface area is 110 Å². The van der Waals surface area contributed by atoms with Crippen LogP contribution in [0.2, 0.25) is 0 Å². The molecule has 1 aromatic carbocycles. The van der Waals surface area contributed by atoms with Gasteiger partial charge in [0.25, 0.3) is 0 Å². The SMILES string of the molecule is COc1ccc(C2CCC3CCCC2C3N)cc1. The number of nitrogens with two attached hydrogens (primary N) is 1. The number of ether oxygens (including phenoxy) is 1. The van der Waals surface area contributed by atoms with Crippen molar-refractivity contribution in [1.29, 1.82) is 0 Å². The average Bonchev–Trinajstić information content (AvgIpc) is 2.39. The van der Waals surface area contributed by atoms with Crippen molar-refractivity contribution in [2.75, 3.05) is 7.11 Å². The van der Waals surface area contributed by atoms with Crippen molar-refractivity contribution < 1.29 is 4.74 Å². The molecule has 0 saturated heterocycles. The lowest BCUT2D eigenvalue weighted by Crippen LogP contribution is -2.46. The van der Waals surface area contributed by atoms with E-state index in [1.54, 1.807) is 7.11 Å². The smallest absolute Gasteiger partial charge is 0.118 e. The van der Waals surface area contributed by atoms with Crippen LogP contribution in [-0.2, 0) is 0 Å². The van der Waals surface area contributed by atoms with Gasteiger partial charge in [0.05, 0.1) is 7.11 Å². The zero-order valence-electron chi connectivity index (χ0n) is 11.1. The lowest BCUT2D eigenvalue weighted by atomic mass is 9.62. The molecule has 0 aromatic heterocycles. The maximum atomic E-state index is 6.44. The quantitative estimate of drug-likeness (QED) is 0.867. The van der Waals surface area contributed by atoms with E-state index in [1.807, 2.05) is 0 Å². The Morgan fingerprint density at radius 3 is 2.56 bits per heavy atom. The van der Waals surface area contributed by atoms with Crippen LogP contribution in [-0.4, -0.2) is 13.2 Å². The minimum absolute atomic E-state index is 0.430. The zero-order valence-corrected chi connectivity index (χ0v) is 11.1. The third-order valence-electron chi connectivity index (χ3n) is 5.06. The number of fused-ring (bicyclic) bond motifs is 2. The summed E-state index contributed by atoms with van der Waals surface area (Å²) in [5, 5.41) is 0. The lowest BCUT2D eigenvalue weighted by molar-refractivity contribution is 0.128. The molecule has 0 aliphatic heterocycles. The van der Waals surface area contributed by atoms with Gasteiger partial charge in [-0.15, -0.1) is 0 Å². The van der Waals surface area contributed by atoms with Crippen LogP contribution in [0, 0.1) is 11.8 Å². The molecule has 0 amide bonds. The van der Waals surface area contributed by atoms with Crippen molar-refractivity contribution in [3.63, 3.8) is 0 Å². The van der Waals surface area contributed by atoms with Gasteiger partial charge in [0.2, 0.25) is 0 Å². The van der Waals surface area contributed by atoms with Gasteiger partial charge < -0.3 is 10.5 Å². The summed E-state index contributed by atoms with van der Waals surface area (Å²) in [6.07, 6.45) is 6.67. The first kappa shape index (κ1) is 12.0. The Hall–Kier alpha value is -1.02. The third-order valence-corrected chi connectivity index (χ3v) is 5.06. The Bertz CT molecular complexity index is 400. The summed E-state index contributed by atoms with van der Waals surface area (Å²) in [5.41, 5.74) is 7.90. The van der Waals surface area contributed by atoms with Gasteiger partial charge in [-0.1, -0.05) is 18.6 Å². The molecule has 4 unspecified atom stereocenters. The van der Waals surface area contributed by atoms with Gasteiger partial charge in [0, 0.05) is 6.04 Å². The molecule has 0 spiro atoms. The highest BCUT2D eigenvalue weighted by molar-refractivity contribution is 5.30. The van der Waals surface area contributed by atoms with Gasteiger partial charge >= 0.3 is 0 Å². The highest BCUT2D eigenvalue weighted by atomic mass is 16.5.